The highest BCUT2D eigenvalue weighted by Crippen LogP contribution is 2.25. The van der Waals surface area contributed by atoms with Crippen LogP contribution in [0.25, 0.3) is 0 Å². The highest BCUT2D eigenvalue weighted by Gasteiger charge is 2.16. The zero-order chi connectivity index (χ0) is 20.0. The minimum absolute atomic E-state index is 0.0173. The van der Waals surface area contributed by atoms with Crippen molar-refractivity contribution in [3.63, 3.8) is 0 Å². The van der Waals surface area contributed by atoms with E-state index in [-0.39, 0.29) is 24.2 Å². The molecule has 0 aliphatic carbocycles. The van der Waals surface area contributed by atoms with Gasteiger partial charge in [0.25, 0.3) is 0 Å². The summed E-state index contributed by atoms with van der Waals surface area (Å²) < 4.78 is 15.5. The fourth-order valence-corrected chi connectivity index (χ4v) is 2.59. The Morgan fingerprint density at radius 3 is 2.15 bits per heavy atom. The van der Waals surface area contributed by atoms with Gasteiger partial charge in [-0.2, -0.15) is 0 Å². The molecule has 0 aliphatic rings. The summed E-state index contributed by atoms with van der Waals surface area (Å²) in [5.74, 6) is 0.455. The molecule has 2 aromatic carbocycles. The van der Waals surface area contributed by atoms with Gasteiger partial charge in [0.1, 0.15) is 11.5 Å². The molecule has 5 nitrogen and oxygen atoms in total. The van der Waals surface area contributed by atoms with Crippen molar-refractivity contribution in [3.05, 3.63) is 59.2 Å². The van der Waals surface area contributed by atoms with E-state index in [9.17, 15) is 9.59 Å². The molecular weight excluding hydrogens is 344 g/mol. The van der Waals surface area contributed by atoms with Crippen LogP contribution in [0.15, 0.2) is 42.5 Å². The molecule has 0 unspecified atom stereocenters. The van der Waals surface area contributed by atoms with Crippen LogP contribution >= 0.6 is 0 Å². The quantitative estimate of drug-likeness (QED) is 0.545. The van der Waals surface area contributed by atoms with Crippen molar-refractivity contribution in [1.29, 1.82) is 0 Å². The Balaban J connectivity index is 1.94. The second-order valence-electron chi connectivity index (χ2n) is 7.27. The highest BCUT2D eigenvalue weighted by molar-refractivity contribution is 5.98. The first-order valence-corrected chi connectivity index (χ1v) is 8.75. The van der Waals surface area contributed by atoms with Gasteiger partial charge in [-0.1, -0.05) is 51.1 Å². The Hall–Kier alpha value is -2.82. The minimum atomic E-state index is -0.488. The summed E-state index contributed by atoms with van der Waals surface area (Å²) in [6.45, 7) is 6.04. The minimum Gasteiger partial charge on any atom is -0.497 e. The second-order valence-corrected chi connectivity index (χ2v) is 7.27. The average molecular weight is 370 g/mol. The number of ether oxygens (including phenoxy) is 3. The van der Waals surface area contributed by atoms with E-state index in [4.69, 9.17) is 14.2 Å². The van der Waals surface area contributed by atoms with Crippen LogP contribution in [0.4, 0.5) is 0 Å². The molecule has 0 N–H and O–H groups in total. The first-order chi connectivity index (χ1) is 12.7. The lowest BCUT2D eigenvalue weighted by molar-refractivity contribution is -0.141. The normalized spacial score (nSPS) is 11.0. The van der Waals surface area contributed by atoms with Crippen LogP contribution in [-0.2, 0) is 21.4 Å². The molecule has 0 saturated carbocycles. The summed E-state index contributed by atoms with van der Waals surface area (Å²) in [6.07, 6.45) is 0.0173. The van der Waals surface area contributed by atoms with Gasteiger partial charge in [0.05, 0.1) is 20.6 Å². The predicted octanol–water partition coefficient (Wildman–Crippen LogP) is 3.97. The number of ketones is 1. The fourth-order valence-electron chi connectivity index (χ4n) is 2.59. The largest absolute Gasteiger partial charge is 0.497 e. The van der Waals surface area contributed by atoms with Gasteiger partial charge in [-0.15, -0.1) is 0 Å². The number of Topliss-reactive ketones (excluding diaryl/α,β-unsaturated/α-hetero) is 1. The van der Waals surface area contributed by atoms with Crippen molar-refractivity contribution in [1.82, 2.24) is 0 Å². The van der Waals surface area contributed by atoms with Crippen molar-refractivity contribution >= 4 is 11.8 Å². The van der Waals surface area contributed by atoms with Gasteiger partial charge in [-0.25, -0.2) is 0 Å². The van der Waals surface area contributed by atoms with E-state index in [2.05, 4.69) is 20.8 Å². The molecule has 2 rings (SSSR count). The number of hydrogen-bond donors (Lipinski definition) is 0. The van der Waals surface area contributed by atoms with Gasteiger partial charge < -0.3 is 14.2 Å². The van der Waals surface area contributed by atoms with E-state index in [1.807, 2.05) is 12.1 Å². The van der Waals surface area contributed by atoms with Crippen molar-refractivity contribution < 1.29 is 23.8 Å². The molecule has 0 aromatic heterocycles. The van der Waals surface area contributed by atoms with Gasteiger partial charge >= 0.3 is 5.97 Å². The van der Waals surface area contributed by atoms with Crippen molar-refractivity contribution in [2.75, 3.05) is 20.8 Å². The first kappa shape index (κ1) is 20.5. The summed E-state index contributed by atoms with van der Waals surface area (Å²) in [6, 6.07) is 12.6. The van der Waals surface area contributed by atoms with Crippen molar-refractivity contribution in [2.24, 2.45) is 0 Å². The third kappa shape index (κ3) is 5.58. The molecule has 0 heterocycles. The maximum absolute atomic E-state index is 12.3. The molecule has 0 aliphatic heterocycles. The molecule has 144 valence electrons. The van der Waals surface area contributed by atoms with Crippen LogP contribution in [0.5, 0.6) is 11.5 Å². The van der Waals surface area contributed by atoms with Crippen LogP contribution < -0.4 is 9.47 Å². The van der Waals surface area contributed by atoms with Crippen LogP contribution in [0.3, 0.4) is 0 Å². The summed E-state index contributed by atoms with van der Waals surface area (Å²) in [5, 5.41) is 0. The molecule has 2 aromatic rings. The maximum Gasteiger partial charge on any atom is 0.310 e. The van der Waals surface area contributed by atoms with E-state index < -0.39 is 5.97 Å². The topological polar surface area (TPSA) is 61.8 Å². The van der Waals surface area contributed by atoms with Gasteiger partial charge in [-0.05, 0) is 17.0 Å². The predicted molar refractivity (Wildman–Crippen MR) is 104 cm³/mol. The number of benzene rings is 2. The van der Waals surface area contributed by atoms with Crippen molar-refractivity contribution in [2.45, 2.75) is 32.6 Å². The van der Waals surface area contributed by atoms with E-state index in [1.165, 1.54) is 7.11 Å². The molecule has 5 heteroatoms. The third-order valence-corrected chi connectivity index (χ3v) is 4.27. The molecule has 0 amide bonds. The number of methoxy groups -OCH3 is 2. The van der Waals surface area contributed by atoms with Gasteiger partial charge in [0.15, 0.2) is 12.4 Å². The number of rotatable bonds is 7. The zero-order valence-corrected chi connectivity index (χ0v) is 16.5. The Morgan fingerprint density at radius 1 is 0.926 bits per heavy atom. The summed E-state index contributed by atoms with van der Waals surface area (Å²) in [4.78, 5) is 24.3. The lowest BCUT2D eigenvalue weighted by Crippen LogP contribution is -2.16. The Kier molecular flexibility index (Phi) is 6.61. The third-order valence-electron chi connectivity index (χ3n) is 4.27. The van der Waals surface area contributed by atoms with Crippen LogP contribution in [0.2, 0.25) is 0 Å². The zero-order valence-electron chi connectivity index (χ0n) is 16.5. The summed E-state index contributed by atoms with van der Waals surface area (Å²) in [5.41, 5.74) is 2.36. The standard InChI is InChI=1S/C22H26O5/c1-22(2,3)17-9-6-15(7-10-17)19(23)14-27-21(24)12-16-8-11-18(25-4)13-20(16)26-5/h6-11,13H,12,14H2,1-5H3. The van der Waals surface area contributed by atoms with Crippen molar-refractivity contribution in [3.8, 4) is 11.5 Å². The fraction of sp³-hybridized carbons (Fsp3) is 0.364. The molecule has 0 spiro atoms. The molecule has 0 atom stereocenters. The van der Waals surface area contributed by atoms with E-state index in [1.54, 1.807) is 37.4 Å². The lowest BCUT2D eigenvalue weighted by Gasteiger charge is -2.18. The number of carbonyl (C=O) groups excluding carboxylic acids is 2. The summed E-state index contributed by atoms with van der Waals surface area (Å²) in [7, 11) is 3.08. The van der Waals surface area contributed by atoms with Crippen LogP contribution in [0, 0.1) is 0 Å². The van der Waals surface area contributed by atoms with Crippen LogP contribution in [-0.4, -0.2) is 32.6 Å². The molecule has 0 fully saturated rings. The number of hydrogen-bond acceptors (Lipinski definition) is 5. The number of carbonyl (C=O) groups is 2. The van der Waals surface area contributed by atoms with Gasteiger partial charge in [-0.3, -0.25) is 9.59 Å². The van der Waals surface area contributed by atoms with Gasteiger partial charge in [0, 0.05) is 17.2 Å². The Bertz CT molecular complexity index is 800. The maximum atomic E-state index is 12.3. The van der Waals surface area contributed by atoms with E-state index in [0.717, 1.165) is 5.56 Å². The molecule has 0 saturated heterocycles. The van der Waals surface area contributed by atoms with Crippen LogP contribution in [0.1, 0.15) is 42.3 Å². The Labute approximate surface area is 160 Å². The molecule has 27 heavy (non-hydrogen) atoms. The SMILES string of the molecule is COc1ccc(CC(=O)OCC(=O)c2ccc(C(C)(C)C)cc2)c(OC)c1. The smallest absolute Gasteiger partial charge is 0.310 e. The van der Waals surface area contributed by atoms with E-state index in [0.29, 0.717) is 22.6 Å². The average Bonchev–Trinajstić information content (AvgIpc) is 2.65. The molecule has 0 radical (unpaired) electrons. The first-order valence-electron chi connectivity index (χ1n) is 8.75. The highest BCUT2D eigenvalue weighted by atomic mass is 16.5. The number of esters is 1. The van der Waals surface area contributed by atoms with Gasteiger partial charge in [0.2, 0.25) is 0 Å². The molecule has 0 bridgehead atoms. The Morgan fingerprint density at radius 2 is 1.59 bits per heavy atom. The molecular formula is C22H26O5. The lowest BCUT2D eigenvalue weighted by atomic mass is 9.86. The summed E-state index contributed by atoms with van der Waals surface area (Å²) >= 11 is 0. The van der Waals surface area contributed by atoms with E-state index >= 15 is 0 Å². The second kappa shape index (κ2) is 8.71. The monoisotopic (exact) mass is 370 g/mol.